The molecule has 20 heavy (non-hydrogen) atoms. The monoisotopic (exact) mass is 286 g/mol. The van der Waals surface area contributed by atoms with Crippen molar-refractivity contribution in [3.8, 4) is 0 Å². The van der Waals surface area contributed by atoms with Gasteiger partial charge >= 0.3 is 6.18 Å². The summed E-state index contributed by atoms with van der Waals surface area (Å²) in [6.07, 6.45) is -3.65. The molecule has 2 nitrogen and oxygen atoms in total. The van der Waals surface area contributed by atoms with E-state index in [1.54, 1.807) is 12.1 Å². The number of aryl methyl sites for hydroxylation is 1. The Labute approximate surface area is 118 Å². The molecule has 0 saturated carbocycles. The van der Waals surface area contributed by atoms with Gasteiger partial charge < -0.3 is 4.90 Å². The van der Waals surface area contributed by atoms with Gasteiger partial charge in [-0.2, -0.15) is 13.2 Å². The quantitative estimate of drug-likeness (QED) is 0.843. The molecule has 0 spiro atoms. The first kappa shape index (κ1) is 15.3. The fourth-order valence-electron chi connectivity index (χ4n) is 2.49. The molecule has 1 saturated heterocycles. The first-order chi connectivity index (χ1) is 9.40. The smallest absolute Gasteiger partial charge is 0.304 e. The summed E-state index contributed by atoms with van der Waals surface area (Å²) in [5.74, 6) is 0. The van der Waals surface area contributed by atoms with Crippen LogP contribution in [0.25, 0.3) is 0 Å². The molecule has 0 aliphatic carbocycles. The Morgan fingerprint density at radius 2 is 1.75 bits per heavy atom. The molecule has 5 heteroatoms. The molecule has 2 rings (SSSR count). The highest BCUT2D eigenvalue weighted by Gasteiger charge is 2.33. The molecule has 0 atom stereocenters. The number of nitrogens with zero attached hydrogens (tertiary/aromatic N) is 2. The van der Waals surface area contributed by atoms with Gasteiger partial charge in [0.25, 0.3) is 0 Å². The molecular formula is C15H21F3N2. The molecule has 1 aromatic rings. The third-order valence-electron chi connectivity index (χ3n) is 3.88. The van der Waals surface area contributed by atoms with Gasteiger partial charge in [0, 0.05) is 32.7 Å². The third kappa shape index (κ3) is 3.73. The van der Waals surface area contributed by atoms with Crippen LogP contribution in [-0.4, -0.2) is 43.0 Å². The Balaban J connectivity index is 2.18. The summed E-state index contributed by atoms with van der Waals surface area (Å²) in [4.78, 5) is 4.29. The van der Waals surface area contributed by atoms with Gasteiger partial charge in [0.1, 0.15) is 0 Å². The van der Waals surface area contributed by atoms with Crippen LogP contribution in [0.4, 0.5) is 13.2 Å². The minimum absolute atomic E-state index is 0.382. The highest BCUT2D eigenvalue weighted by Crippen LogP contribution is 2.33. The van der Waals surface area contributed by atoms with Crippen LogP contribution in [-0.2, 0) is 19.1 Å². The summed E-state index contributed by atoms with van der Waals surface area (Å²) in [5, 5.41) is 0. The fourth-order valence-corrected chi connectivity index (χ4v) is 2.49. The second kappa shape index (κ2) is 6.14. The second-order valence-corrected chi connectivity index (χ2v) is 5.42. The number of rotatable bonds is 3. The predicted molar refractivity (Wildman–Crippen MR) is 73.6 cm³/mol. The number of alkyl halides is 3. The SMILES string of the molecule is CCc1ccc(CN2CCN(C)CC2)c(C(F)(F)F)c1. The minimum atomic E-state index is -4.27. The van der Waals surface area contributed by atoms with Gasteiger partial charge in [0.05, 0.1) is 5.56 Å². The number of halogens is 3. The largest absolute Gasteiger partial charge is 0.416 e. The van der Waals surface area contributed by atoms with Crippen molar-refractivity contribution in [1.82, 2.24) is 9.80 Å². The summed E-state index contributed by atoms with van der Waals surface area (Å²) in [6.45, 7) is 5.72. The first-order valence-electron chi connectivity index (χ1n) is 7.00. The van der Waals surface area contributed by atoms with E-state index < -0.39 is 11.7 Å². The highest BCUT2D eigenvalue weighted by atomic mass is 19.4. The molecular weight excluding hydrogens is 265 g/mol. The van der Waals surface area contributed by atoms with Gasteiger partial charge in [-0.25, -0.2) is 0 Å². The van der Waals surface area contributed by atoms with Gasteiger partial charge in [0.15, 0.2) is 0 Å². The van der Waals surface area contributed by atoms with E-state index in [4.69, 9.17) is 0 Å². The fraction of sp³-hybridized carbons (Fsp3) is 0.600. The summed E-state index contributed by atoms with van der Waals surface area (Å²) in [7, 11) is 2.04. The maximum absolute atomic E-state index is 13.2. The lowest BCUT2D eigenvalue weighted by Gasteiger charge is -2.33. The molecule has 0 bridgehead atoms. The lowest BCUT2D eigenvalue weighted by Crippen LogP contribution is -2.44. The standard InChI is InChI=1S/C15H21F3N2/c1-3-12-4-5-13(14(10-12)15(16,17)18)11-20-8-6-19(2)7-9-20/h4-5,10H,3,6-9,11H2,1-2H3. The Morgan fingerprint density at radius 3 is 2.30 bits per heavy atom. The van der Waals surface area contributed by atoms with Crippen molar-refractivity contribution >= 4 is 0 Å². The number of hydrogen-bond acceptors (Lipinski definition) is 2. The number of benzene rings is 1. The predicted octanol–water partition coefficient (Wildman–Crippen LogP) is 3.02. The summed E-state index contributed by atoms with van der Waals surface area (Å²) in [6, 6.07) is 4.74. The van der Waals surface area contributed by atoms with E-state index in [2.05, 4.69) is 9.80 Å². The van der Waals surface area contributed by atoms with Gasteiger partial charge in [-0.15, -0.1) is 0 Å². The average molecular weight is 286 g/mol. The molecule has 0 unspecified atom stereocenters. The molecule has 1 aromatic carbocycles. The summed E-state index contributed by atoms with van der Waals surface area (Å²) in [5.41, 5.74) is 0.648. The zero-order valence-electron chi connectivity index (χ0n) is 12.0. The Morgan fingerprint density at radius 1 is 1.10 bits per heavy atom. The lowest BCUT2D eigenvalue weighted by molar-refractivity contribution is -0.138. The van der Waals surface area contributed by atoms with Crippen LogP contribution in [0, 0.1) is 0 Å². The van der Waals surface area contributed by atoms with Crippen molar-refractivity contribution in [2.24, 2.45) is 0 Å². The second-order valence-electron chi connectivity index (χ2n) is 5.42. The van der Waals surface area contributed by atoms with Gasteiger partial charge in [-0.3, -0.25) is 4.90 Å². The third-order valence-corrected chi connectivity index (χ3v) is 3.88. The zero-order chi connectivity index (χ0) is 14.8. The molecule has 1 fully saturated rings. The van der Waals surface area contributed by atoms with Gasteiger partial charge in [-0.05, 0) is 30.7 Å². The van der Waals surface area contributed by atoms with Crippen LogP contribution < -0.4 is 0 Å². The van der Waals surface area contributed by atoms with Crippen LogP contribution in [0.15, 0.2) is 18.2 Å². The Kier molecular flexibility index (Phi) is 4.70. The molecule has 1 aliphatic rings. The normalized spacial score (nSPS) is 18.4. The van der Waals surface area contributed by atoms with Crippen LogP contribution in [0.3, 0.4) is 0 Å². The molecule has 1 heterocycles. The van der Waals surface area contributed by atoms with Crippen molar-refractivity contribution in [3.05, 3.63) is 34.9 Å². The van der Waals surface area contributed by atoms with E-state index in [-0.39, 0.29) is 0 Å². The number of piperazine rings is 1. The molecule has 112 valence electrons. The van der Waals surface area contributed by atoms with Crippen molar-refractivity contribution in [3.63, 3.8) is 0 Å². The topological polar surface area (TPSA) is 6.48 Å². The molecule has 0 N–H and O–H groups in total. The lowest BCUT2D eigenvalue weighted by atomic mass is 10.0. The van der Waals surface area contributed by atoms with Crippen molar-refractivity contribution in [2.75, 3.05) is 33.2 Å². The average Bonchev–Trinajstić information content (AvgIpc) is 2.40. The van der Waals surface area contributed by atoms with Crippen LogP contribution in [0.1, 0.15) is 23.6 Å². The zero-order valence-corrected chi connectivity index (χ0v) is 12.0. The maximum atomic E-state index is 13.2. The van der Waals surface area contributed by atoms with Crippen LogP contribution >= 0.6 is 0 Å². The molecule has 1 aliphatic heterocycles. The van der Waals surface area contributed by atoms with Crippen molar-refractivity contribution in [1.29, 1.82) is 0 Å². The van der Waals surface area contributed by atoms with E-state index in [0.29, 0.717) is 18.5 Å². The van der Waals surface area contributed by atoms with Gasteiger partial charge in [-0.1, -0.05) is 19.1 Å². The molecule has 0 radical (unpaired) electrons. The van der Waals surface area contributed by atoms with E-state index in [1.165, 1.54) is 6.07 Å². The van der Waals surface area contributed by atoms with Gasteiger partial charge in [0.2, 0.25) is 0 Å². The van der Waals surface area contributed by atoms with Crippen LogP contribution in [0.2, 0.25) is 0 Å². The number of hydrogen-bond donors (Lipinski definition) is 0. The van der Waals surface area contributed by atoms with Crippen molar-refractivity contribution < 1.29 is 13.2 Å². The Hall–Kier alpha value is -1.07. The van der Waals surface area contributed by atoms with E-state index in [1.807, 2.05) is 14.0 Å². The van der Waals surface area contributed by atoms with Crippen LogP contribution in [0.5, 0.6) is 0 Å². The highest BCUT2D eigenvalue weighted by molar-refractivity contribution is 5.34. The molecule has 0 aromatic heterocycles. The van der Waals surface area contributed by atoms with E-state index in [9.17, 15) is 13.2 Å². The minimum Gasteiger partial charge on any atom is -0.304 e. The van der Waals surface area contributed by atoms with E-state index >= 15 is 0 Å². The first-order valence-corrected chi connectivity index (χ1v) is 7.00. The maximum Gasteiger partial charge on any atom is 0.416 e. The summed E-state index contributed by atoms with van der Waals surface area (Å²) >= 11 is 0. The Bertz CT molecular complexity index is 449. The van der Waals surface area contributed by atoms with E-state index in [0.717, 1.165) is 31.7 Å². The number of likely N-dealkylation sites (N-methyl/N-ethyl adjacent to an activating group) is 1. The summed E-state index contributed by atoms with van der Waals surface area (Å²) < 4.78 is 39.5. The molecule has 0 amide bonds. The van der Waals surface area contributed by atoms with Crippen molar-refractivity contribution in [2.45, 2.75) is 26.1 Å².